The lowest BCUT2D eigenvalue weighted by Crippen LogP contribution is -1.94. The van der Waals surface area contributed by atoms with Crippen LogP contribution < -0.4 is 0 Å². The van der Waals surface area contributed by atoms with Crippen LogP contribution in [0.15, 0.2) is 73.3 Å². The quantitative estimate of drug-likeness (QED) is 0.152. The molecule has 0 spiro atoms. The third kappa shape index (κ3) is 5.46. The number of H-pyrrole nitrogens is 2. The van der Waals surface area contributed by atoms with E-state index < -0.39 is 0 Å². The number of nitrogens with one attached hydrogen (secondary N) is 2. The zero-order chi connectivity index (χ0) is 38.8. The number of hydrogen-bond donors (Lipinski definition) is 2. The zero-order valence-electron chi connectivity index (χ0n) is 30.9. The fourth-order valence-corrected chi connectivity index (χ4v) is 7.83. The summed E-state index contributed by atoms with van der Waals surface area (Å²) in [5.74, 6) is 0. The number of carbonyl (C=O) groups excluding carboxylic acids is 4. The molecule has 0 aliphatic carbocycles. The minimum Gasteiger partial charge on any atom is -0.354 e. The molecule has 8 bridgehead atoms. The van der Waals surface area contributed by atoms with Gasteiger partial charge in [0.25, 0.3) is 0 Å². The standard InChI is InChI=1S/C44H34N8O4/c1-49-19-27(15-29(49)23-55)41-31-5-6-32(45-31)42(28-16-30(24-56)50(2)20-28)34-8-10-36(47-34)44(40-14-26(22-54)18-52(40)4)38-12-11-37(48-38)43(35-9-7-33(41)46-35)39-13-25(21-53)17-51(39)3/h5-24,46-47H,1-4H3. The van der Waals surface area contributed by atoms with Crippen LogP contribution in [0.5, 0.6) is 0 Å². The molecule has 7 aromatic rings. The first-order valence-electron chi connectivity index (χ1n) is 17.8. The van der Waals surface area contributed by atoms with Crippen LogP contribution >= 0.6 is 0 Å². The molecule has 0 atom stereocenters. The van der Waals surface area contributed by atoms with E-state index in [0.717, 1.165) is 92.0 Å². The molecule has 0 radical (unpaired) electrons. The van der Waals surface area contributed by atoms with Gasteiger partial charge in [0, 0.05) is 109 Å². The van der Waals surface area contributed by atoms with Crippen molar-refractivity contribution in [1.29, 1.82) is 0 Å². The molecule has 2 N–H and O–H groups in total. The van der Waals surface area contributed by atoms with E-state index >= 15 is 0 Å². The Bertz CT molecular complexity index is 2860. The van der Waals surface area contributed by atoms with Crippen LogP contribution in [-0.4, -0.2) is 63.3 Å². The fourth-order valence-electron chi connectivity index (χ4n) is 7.83. The molecule has 0 unspecified atom stereocenters. The fraction of sp³-hybridized carbons (Fsp3) is 0.0909. The van der Waals surface area contributed by atoms with Gasteiger partial charge in [-0.3, -0.25) is 19.2 Å². The summed E-state index contributed by atoms with van der Waals surface area (Å²) in [6.07, 6.45) is 18.5. The van der Waals surface area contributed by atoms with Crippen LogP contribution in [0, 0.1) is 0 Å². The Kier molecular flexibility index (Phi) is 7.97. The lowest BCUT2D eigenvalue weighted by molar-refractivity contribution is 0.110. The number of rotatable bonds is 8. The number of hydrogen-bond acceptors (Lipinski definition) is 6. The van der Waals surface area contributed by atoms with Crippen LogP contribution in [0.1, 0.15) is 64.5 Å². The molecular formula is C44H34N8O4. The average molecular weight is 739 g/mol. The third-order valence-corrected chi connectivity index (χ3v) is 10.5. The Morgan fingerprint density at radius 1 is 0.446 bits per heavy atom. The summed E-state index contributed by atoms with van der Waals surface area (Å²) in [5, 5.41) is 0. The van der Waals surface area contributed by atoms with Crippen LogP contribution in [-0.2, 0) is 28.2 Å². The minimum absolute atomic E-state index is 0.506. The summed E-state index contributed by atoms with van der Waals surface area (Å²) in [6.45, 7) is 0. The molecule has 0 saturated heterocycles. The molecule has 9 rings (SSSR count). The molecule has 56 heavy (non-hydrogen) atoms. The van der Waals surface area contributed by atoms with E-state index in [2.05, 4.69) is 9.97 Å². The molecule has 2 aliphatic heterocycles. The van der Waals surface area contributed by atoms with E-state index in [1.54, 1.807) is 21.5 Å². The van der Waals surface area contributed by atoms with Gasteiger partial charge in [-0.2, -0.15) is 0 Å². The van der Waals surface area contributed by atoms with Crippen molar-refractivity contribution in [2.24, 2.45) is 28.2 Å². The Morgan fingerprint density at radius 2 is 0.804 bits per heavy atom. The normalized spacial score (nSPS) is 12.1. The van der Waals surface area contributed by atoms with E-state index in [1.807, 2.05) is 123 Å². The van der Waals surface area contributed by atoms with Gasteiger partial charge in [0.1, 0.15) is 0 Å². The summed E-state index contributed by atoms with van der Waals surface area (Å²) >= 11 is 0. The predicted molar refractivity (Wildman–Crippen MR) is 218 cm³/mol. The molecule has 12 nitrogen and oxygen atoms in total. The molecule has 7 aromatic heterocycles. The van der Waals surface area contributed by atoms with Crippen molar-refractivity contribution in [1.82, 2.24) is 38.2 Å². The van der Waals surface area contributed by atoms with Crippen LogP contribution in [0.2, 0.25) is 0 Å². The van der Waals surface area contributed by atoms with Crippen molar-refractivity contribution in [3.05, 3.63) is 119 Å². The van der Waals surface area contributed by atoms with Crippen molar-refractivity contribution in [3.63, 3.8) is 0 Å². The van der Waals surface area contributed by atoms with Crippen molar-refractivity contribution in [2.75, 3.05) is 0 Å². The first kappa shape index (κ1) is 34.2. The highest BCUT2D eigenvalue weighted by atomic mass is 16.1. The maximum Gasteiger partial charge on any atom is 0.166 e. The highest BCUT2D eigenvalue weighted by Crippen LogP contribution is 2.39. The van der Waals surface area contributed by atoms with Crippen molar-refractivity contribution in [3.8, 4) is 44.8 Å². The van der Waals surface area contributed by atoms with Gasteiger partial charge in [-0.15, -0.1) is 0 Å². The van der Waals surface area contributed by atoms with E-state index in [1.165, 1.54) is 0 Å². The zero-order valence-corrected chi connectivity index (χ0v) is 30.9. The maximum absolute atomic E-state index is 12.1. The van der Waals surface area contributed by atoms with Gasteiger partial charge in [0.2, 0.25) is 0 Å². The van der Waals surface area contributed by atoms with Gasteiger partial charge in [-0.25, -0.2) is 9.97 Å². The van der Waals surface area contributed by atoms with Gasteiger partial charge >= 0.3 is 0 Å². The van der Waals surface area contributed by atoms with Gasteiger partial charge < -0.3 is 28.2 Å². The van der Waals surface area contributed by atoms with Gasteiger partial charge in [0.15, 0.2) is 25.1 Å². The second kappa shape index (κ2) is 13.1. The molecular weight excluding hydrogens is 705 g/mol. The summed E-state index contributed by atoms with van der Waals surface area (Å²) in [6, 6.07) is 15.3. The molecule has 0 amide bonds. The minimum atomic E-state index is 0.506. The van der Waals surface area contributed by atoms with Gasteiger partial charge in [-0.1, -0.05) is 0 Å². The lowest BCUT2D eigenvalue weighted by atomic mass is 10.1. The smallest absolute Gasteiger partial charge is 0.166 e. The van der Waals surface area contributed by atoms with Gasteiger partial charge in [0.05, 0.1) is 56.6 Å². The number of aldehydes is 4. The second-order valence-corrected chi connectivity index (χ2v) is 14.0. The maximum atomic E-state index is 12.1. The second-order valence-electron chi connectivity index (χ2n) is 14.0. The highest BCUT2D eigenvalue weighted by molar-refractivity contribution is 6.00. The largest absolute Gasteiger partial charge is 0.354 e. The molecule has 9 heterocycles. The number of aromatic nitrogens is 8. The average Bonchev–Trinajstić information content (AvgIpc) is 4.04. The molecule has 0 fully saturated rings. The summed E-state index contributed by atoms with van der Waals surface area (Å²) < 4.78 is 7.37. The lowest BCUT2D eigenvalue weighted by Gasteiger charge is -2.07. The predicted octanol–water partition coefficient (Wildman–Crippen LogP) is 7.93. The van der Waals surface area contributed by atoms with E-state index in [4.69, 9.17) is 9.97 Å². The molecule has 274 valence electrons. The van der Waals surface area contributed by atoms with Gasteiger partial charge in [-0.05, 0) is 72.8 Å². The Hall–Kier alpha value is -7.60. The number of aromatic amines is 2. The number of aryl methyl sites for hydroxylation is 4. The molecule has 2 aliphatic rings. The summed E-state index contributed by atoms with van der Waals surface area (Å²) in [4.78, 5) is 65.9. The Labute approximate surface area is 319 Å². The van der Waals surface area contributed by atoms with E-state index in [0.29, 0.717) is 45.3 Å². The topological polar surface area (TPSA) is 145 Å². The first-order chi connectivity index (χ1) is 27.2. The van der Waals surface area contributed by atoms with Crippen LogP contribution in [0.3, 0.4) is 0 Å². The monoisotopic (exact) mass is 738 g/mol. The molecule has 0 saturated carbocycles. The molecule has 12 heteroatoms. The van der Waals surface area contributed by atoms with Crippen LogP contribution in [0.4, 0.5) is 0 Å². The van der Waals surface area contributed by atoms with Crippen LogP contribution in [0.25, 0.3) is 91.1 Å². The van der Waals surface area contributed by atoms with Crippen molar-refractivity contribution < 1.29 is 19.2 Å². The van der Waals surface area contributed by atoms with E-state index in [9.17, 15) is 19.2 Å². The highest BCUT2D eigenvalue weighted by Gasteiger charge is 2.22. The number of fused-ring (bicyclic) bond motifs is 8. The van der Waals surface area contributed by atoms with Crippen molar-refractivity contribution >= 4 is 71.5 Å². The first-order valence-corrected chi connectivity index (χ1v) is 17.8. The summed E-state index contributed by atoms with van der Waals surface area (Å²) in [7, 11) is 7.43. The number of nitrogens with zero attached hydrogens (tertiary/aromatic N) is 6. The Balaban J connectivity index is 1.49. The Morgan fingerprint density at radius 3 is 1.12 bits per heavy atom. The summed E-state index contributed by atoms with van der Waals surface area (Å²) in [5.41, 5.74) is 13.9. The molecule has 0 aromatic carbocycles. The van der Waals surface area contributed by atoms with E-state index in [-0.39, 0.29) is 0 Å². The number of carbonyl (C=O) groups is 4. The SMILES string of the molecule is Cn1cc(-c2c3nc(c(-c4cc(C=O)n(C)c4)c4ccc([nH]4)c(-c4cc(C=O)cn4C)c4nc(c(-c5cc(C=O)cn5C)c5ccc2[nH]5)C=C4)C=C3)cc1C=O. The van der Waals surface area contributed by atoms with Crippen molar-refractivity contribution in [2.45, 2.75) is 0 Å². The third-order valence-electron chi connectivity index (χ3n) is 10.5.